The molecule has 1 unspecified atom stereocenters. The average molecular weight is 294 g/mol. The number of hydrogen-bond acceptors (Lipinski definition) is 1. The van der Waals surface area contributed by atoms with E-state index in [1.54, 1.807) is 0 Å². The molecule has 0 saturated carbocycles. The molecule has 0 saturated heterocycles. The van der Waals surface area contributed by atoms with Gasteiger partial charge in [0.1, 0.15) is 0 Å². The number of hydrogen-bond donors (Lipinski definition) is 1. The van der Waals surface area contributed by atoms with Crippen molar-refractivity contribution in [2.45, 2.75) is 33.2 Å². The first-order valence-corrected chi connectivity index (χ1v) is 7.91. The largest absolute Gasteiger partial charge is 0.337 e. The van der Waals surface area contributed by atoms with Crippen LogP contribution in [0.3, 0.4) is 0 Å². The van der Waals surface area contributed by atoms with Crippen molar-refractivity contribution < 1.29 is 0 Å². The van der Waals surface area contributed by atoms with Gasteiger partial charge in [0.05, 0.1) is 5.69 Å². The van der Waals surface area contributed by atoms with Gasteiger partial charge in [-0.15, -0.1) is 6.58 Å². The number of nitrogens with zero attached hydrogens (tertiary/aromatic N) is 1. The summed E-state index contributed by atoms with van der Waals surface area (Å²) < 4.78 is 2.39. The Morgan fingerprint density at radius 3 is 2.77 bits per heavy atom. The summed E-state index contributed by atoms with van der Waals surface area (Å²) in [6, 6.07) is 2.24. The molecule has 22 heavy (non-hydrogen) atoms. The van der Waals surface area contributed by atoms with Crippen LogP contribution in [0, 0.1) is 17.8 Å². The van der Waals surface area contributed by atoms with Crippen LogP contribution in [0.25, 0.3) is 5.57 Å². The van der Waals surface area contributed by atoms with Gasteiger partial charge >= 0.3 is 0 Å². The van der Waals surface area contributed by atoms with Gasteiger partial charge in [0.15, 0.2) is 0 Å². The Labute approximate surface area is 134 Å². The Bertz CT molecular complexity index is 662. The second-order valence-corrected chi connectivity index (χ2v) is 5.78. The fraction of sp³-hybridized carbons (Fsp3) is 0.400. The summed E-state index contributed by atoms with van der Waals surface area (Å²) in [6.45, 7) is 13.9. The summed E-state index contributed by atoms with van der Waals surface area (Å²) in [5.74, 6) is 6.72. The van der Waals surface area contributed by atoms with Crippen LogP contribution in [0.2, 0.25) is 0 Å². The van der Waals surface area contributed by atoms with E-state index in [1.807, 2.05) is 26.1 Å². The van der Waals surface area contributed by atoms with Gasteiger partial charge in [-0.05, 0) is 62.4 Å². The van der Waals surface area contributed by atoms with E-state index in [2.05, 4.69) is 47.9 Å². The molecule has 1 aliphatic carbocycles. The SMILES string of the molecule is C=CC1=C(C)c2cc(C#CC)n(CC(C=C)CNC)c2CC1. The molecular formula is C20H26N2. The Balaban J connectivity index is 2.49. The number of fused-ring (bicyclic) bond motifs is 1. The van der Waals surface area contributed by atoms with Gasteiger partial charge in [-0.1, -0.05) is 24.7 Å². The van der Waals surface area contributed by atoms with Crippen LogP contribution >= 0.6 is 0 Å². The molecular weight excluding hydrogens is 268 g/mol. The topological polar surface area (TPSA) is 17.0 Å². The maximum absolute atomic E-state index is 3.98. The Kier molecular flexibility index (Phi) is 5.46. The van der Waals surface area contributed by atoms with Crippen LogP contribution in [0.4, 0.5) is 0 Å². The molecule has 0 aliphatic heterocycles. The number of nitrogens with one attached hydrogen (secondary N) is 1. The number of rotatable bonds is 6. The second kappa shape index (κ2) is 7.33. The predicted octanol–water partition coefficient (Wildman–Crippen LogP) is 3.79. The molecule has 0 fully saturated rings. The van der Waals surface area contributed by atoms with Crippen molar-refractivity contribution in [3.05, 3.63) is 53.9 Å². The third-order valence-corrected chi connectivity index (χ3v) is 4.44. The normalized spacial score (nSPS) is 14.9. The minimum Gasteiger partial charge on any atom is -0.337 e. The van der Waals surface area contributed by atoms with Crippen molar-refractivity contribution in [3.63, 3.8) is 0 Å². The molecule has 1 aliphatic rings. The molecule has 0 bridgehead atoms. The van der Waals surface area contributed by atoms with Crippen molar-refractivity contribution >= 4 is 5.57 Å². The third kappa shape index (κ3) is 3.10. The molecule has 2 rings (SSSR count). The maximum atomic E-state index is 3.98. The van der Waals surface area contributed by atoms with Crippen LogP contribution in [0.5, 0.6) is 0 Å². The van der Waals surface area contributed by atoms with Gasteiger partial charge < -0.3 is 9.88 Å². The van der Waals surface area contributed by atoms with Gasteiger partial charge in [-0.25, -0.2) is 0 Å². The van der Waals surface area contributed by atoms with E-state index in [4.69, 9.17) is 0 Å². The quantitative estimate of drug-likeness (QED) is 0.624. The smallest absolute Gasteiger partial charge is 0.0928 e. The van der Waals surface area contributed by atoms with E-state index in [9.17, 15) is 0 Å². The molecule has 0 aromatic carbocycles. The predicted molar refractivity (Wildman–Crippen MR) is 95.7 cm³/mol. The lowest BCUT2D eigenvalue weighted by atomic mass is 9.90. The van der Waals surface area contributed by atoms with Crippen molar-refractivity contribution in [1.29, 1.82) is 0 Å². The van der Waals surface area contributed by atoms with Gasteiger partial charge in [0, 0.05) is 24.7 Å². The highest BCUT2D eigenvalue weighted by atomic mass is 15.0. The number of aromatic nitrogens is 1. The summed E-state index contributed by atoms with van der Waals surface area (Å²) >= 11 is 0. The summed E-state index contributed by atoms with van der Waals surface area (Å²) in [7, 11) is 1.98. The molecule has 1 aromatic rings. The maximum Gasteiger partial charge on any atom is 0.0928 e. The standard InChI is InChI=1S/C20H26N2/c1-6-9-18-12-19-15(4)17(8-3)10-11-20(19)22(18)14-16(7-2)13-21-5/h7-8,12,16,21H,2-3,10-11,13-14H2,1,4-5H3. The van der Waals surface area contributed by atoms with Crippen molar-refractivity contribution in [1.82, 2.24) is 9.88 Å². The average Bonchev–Trinajstić information content (AvgIpc) is 2.86. The van der Waals surface area contributed by atoms with E-state index in [-0.39, 0.29) is 0 Å². The fourth-order valence-electron chi connectivity index (χ4n) is 3.21. The highest BCUT2D eigenvalue weighted by Gasteiger charge is 2.22. The molecule has 0 radical (unpaired) electrons. The van der Waals surface area contributed by atoms with Crippen LogP contribution in [0.15, 0.2) is 36.9 Å². The van der Waals surface area contributed by atoms with Crippen molar-refractivity contribution in [2.24, 2.45) is 5.92 Å². The zero-order chi connectivity index (χ0) is 16.1. The summed E-state index contributed by atoms with van der Waals surface area (Å²) in [6.07, 6.45) is 6.15. The zero-order valence-corrected chi connectivity index (χ0v) is 14.0. The molecule has 1 atom stereocenters. The molecule has 2 nitrogen and oxygen atoms in total. The third-order valence-electron chi connectivity index (χ3n) is 4.44. The molecule has 1 heterocycles. The van der Waals surface area contributed by atoms with Crippen LogP contribution in [-0.2, 0) is 13.0 Å². The summed E-state index contributed by atoms with van der Waals surface area (Å²) in [5, 5.41) is 3.24. The highest BCUT2D eigenvalue weighted by molar-refractivity contribution is 5.74. The van der Waals surface area contributed by atoms with Crippen LogP contribution < -0.4 is 5.32 Å². The zero-order valence-electron chi connectivity index (χ0n) is 14.0. The highest BCUT2D eigenvalue weighted by Crippen LogP contribution is 2.34. The van der Waals surface area contributed by atoms with Gasteiger partial charge in [-0.2, -0.15) is 0 Å². The first-order valence-electron chi connectivity index (χ1n) is 7.91. The van der Waals surface area contributed by atoms with Gasteiger partial charge in [-0.3, -0.25) is 0 Å². The lowest BCUT2D eigenvalue weighted by molar-refractivity contribution is 0.493. The minimum absolute atomic E-state index is 0.406. The lowest BCUT2D eigenvalue weighted by Crippen LogP contribution is -2.23. The van der Waals surface area contributed by atoms with E-state index < -0.39 is 0 Å². The van der Waals surface area contributed by atoms with E-state index in [0.29, 0.717) is 5.92 Å². The molecule has 0 amide bonds. The monoisotopic (exact) mass is 294 g/mol. The number of allylic oxidation sites excluding steroid dienone is 3. The molecule has 1 N–H and O–H groups in total. The first-order chi connectivity index (χ1) is 10.7. The Hall–Kier alpha value is -1.98. The summed E-state index contributed by atoms with van der Waals surface area (Å²) in [5.41, 5.74) is 6.56. The minimum atomic E-state index is 0.406. The molecule has 1 aromatic heterocycles. The van der Waals surface area contributed by atoms with Crippen LogP contribution in [-0.4, -0.2) is 18.2 Å². The van der Waals surface area contributed by atoms with Gasteiger partial charge in [0.2, 0.25) is 0 Å². The van der Waals surface area contributed by atoms with Gasteiger partial charge in [0.25, 0.3) is 0 Å². The Morgan fingerprint density at radius 1 is 1.41 bits per heavy atom. The summed E-state index contributed by atoms with van der Waals surface area (Å²) in [4.78, 5) is 0. The fourth-order valence-corrected chi connectivity index (χ4v) is 3.21. The molecule has 0 spiro atoms. The molecule has 116 valence electrons. The van der Waals surface area contributed by atoms with Crippen molar-refractivity contribution in [2.75, 3.05) is 13.6 Å². The first kappa shape index (κ1) is 16.4. The van der Waals surface area contributed by atoms with E-state index >= 15 is 0 Å². The lowest BCUT2D eigenvalue weighted by Gasteiger charge is -2.21. The Morgan fingerprint density at radius 2 is 2.18 bits per heavy atom. The van der Waals surface area contributed by atoms with E-state index in [0.717, 1.165) is 31.6 Å². The second-order valence-electron chi connectivity index (χ2n) is 5.78. The molecule has 2 heteroatoms. The van der Waals surface area contributed by atoms with Crippen molar-refractivity contribution in [3.8, 4) is 11.8 Å². The van der Waals surface area contributed by atoms with Crippen LogP contribution in [0.1, 0.15) is 37.2 Å². The van der Waals surface area contributed by atoms with E-state index in [1.165, 1.54) is 22.4 Å².